The normalized spacial score (nSPS) is 20.4. The van der Waals surface area contributed by atoms with Crippen molar-refractivity contribution in [2.75, 3.05) is 26.3 Å². The van der Waals surface area contributed by atoms with Crippen molar-refractivity contribution in [3.63, 3.8) is 0 Å². The van der Waals surface area contributed by atoms with Gasteiger partial charge in [-0.3, -0.25) is 4.79 Å². The third-order valence-corrected chi connectivity index (χ3v) is 2.26. The summed E-state index contributed by atoms with van der Waals surface area (Å²) in [6, 6.07) is 0. The van der Waals surface area contributed by atoms with Gasteiger partial charge in [0.2, 0.25) is 0 Å². The van der Waals surface area contributed by atoms with Crippen molar-refractivity contribution in [1.29, 1.82) is 0 Å². The average Bonchev–Trinajstić information content (AvgIpc) is 2.24. The Morgan fingerprint density at radius 2 is 2.06 bits per heavy atom. The molecule has 0 aliphatic carbocycles. The third-order valence-electron chi connectivity index (χ3n) is 2.26. The smallest absolute Gasteiger partial charge is 0.410 e. The molecule has 1 fully saturated rings. The predicted molar refractivity (Wildman–Crippen MR) is 64.2 cm³/mol. The molecule has 0 N–H and O–H groups in total. The molecule has 1 aliphatic heterocycles. The number of carbonyl (C=O) groups excluding carboxylic acids is 2. The Morgan fingerprint density at radius 1 is 1.39 bits per heavy atom. The van der Waals surface area contributed by atoms with E-state index in [0.717, 1.165) is 0 Å². The van der Waals surface area contributed by atoms with E-state index < -0.39 is 5.60 Å². The van der Waals surface area contributed by atoms with Gasteiger partial charge in [-0.1, -0.05) is 0 Å². The molecule has 1 amide bonds. The van der Waals surface area contributed by atoms with Gasteiger partial charge in [-0.05, 0) is 20.8 Å². The molecule has 1 heterocycles. The van der Waals surface area contributed by atoms with Gasteiger partial charge < -0.3 is 19.1 Å². The van der Waals surface area contributed by atoms with E-state index in [4.69, 9.17) is 14.2 Å². The van der Waals surface area contributed by atoms with Crippen LogP contribution in [0.15, 0.2) is 0 Å². The van der Waals surface area contributed by atoms with Crippen LogP contribution in [-0.2, 0) is 19.0 Å². The fraction of sp³-hybridized carbons (Fsp3) is 0.833. The van der Waals surface area contributed by atoms with Crippen LogP contribution in [0.3, 0.4) is 0 Å². The Morgan fingerprint density at radius 3 is 2.61 bits per heavy atom. The summed E-state index contributed by atoms with van der Waals surface area (Å²) in [6.07, 6.45) is -0.645. The SMILES string of the molecule is CC(=O)OCC1CN(C(=O)OC(C)(C)C)CCO1. The quantitative estimate of drug-likeness (QED) is 0.697. The molecule has 0 radical (unpaired) electrons. The molecular weight excluding hydrogens is 238 g/mol. The first-order valence-corrected chi connectivity index (χ1v) is 6.01. The van der Waals surface area contributed by atoms with Crippen LogP contribution < -0.4 is 0 Å². The van der Waals surface area contributed by atoms with Gasteiger partial charge in [-0.25, -0.2) is 4.79 Å². The number of nitrogens with zero attached hydrogens (tertiary/aromatic N) is 1. The summed E-state index contributed by atoms with van der Waals surface area (Å²) in [5, 5.41) is 0. The van der Waals surface area contributed by atoms with E-state index >= 15 is 0 Å². The third kappa shape index (κ3) is 5.35. The number of rotatable bonds is 2. The largest absolute Gasteiger partial charge is 0.463 e. The molecule has 6 nitrogen and oxygen atoms in total. The summed E-state index contributed by atoms with van der Waals surface area (Å²) in [5.74, 6) is -0.354. The first-order chi connectivity index (χ1) is 8.28. The minimum Gasteiger partial charge on any atom is -0.463 e. The van der Waals surface area contributed by atoms with Crippen LogP contribution in [-0.4, -0.2) is 55.0 Å². The van der Waals surface area contributed by atoms with Gasteiger partial charge in [0.25, 0.3) is 0 Å². The summed E-state index contributed by atoms with van der Waals surface area (Å²) in [6.45, 7) is 8.26. The summed E-state index contributed by atoms with van der Waals surface area (Å²) in [5.41, 5.74) is -0.513. The van der Waals surface area contributed by atoms with E-state index in [9.17, 15) is 9.59 Å². The second kappa shape index (κ2) is 6.04. The van der Waals surface area contributed by atoms with Crippen LogP contribution in [0.1, 0.15) is 27.7 Å². The minimum absolute atomic E-state index is 0.161. The van der Waals surface area contributed by atoms with Crippen molar-refractivity contribution >= 4 is 12.1 Å². The topological polar surface area (TPSA) is 65.1 Å². The van der Waals surface area contributed by atoms with Crippen molar-refractivity contribution in [1.82, 2.24) is 4.90 Å². The zero-order chi connectivity index (χ0) is 13.8. The van der Waals surface area contributed by atoms with Gasteiger partial charge in [-0.2, -0.15) is 0 Å². The zero-order valence-corrected chi connectivity index (χ0v) is 11.4. The number of ether oxygens (including phenoxy) is 3. The maximum absolute atomic E-state index is 11.8. The Hall–Kier alpha value is -1.30. The molecule has 0 aromatic heterocycles. The van der Waals surface area contributed by atoms with E-state index in [0.29, 0.717) is 19.7 Å². The number of hydrogen-bond donors (Lipinski definition) is 0. The van der Waals surface area contributed by atoms with Crippen LogP contribution in [0.4, 0.5) is 4.79 Å². The molecule has 0 bridgehead atoms. The fourth-order valence-corrected chi connectivity index (χ4v) is 1.52. The highest BCUT2D eigenvalue weighted by Gasteiger charge is 2.28. The van der Waals surface area contributed by atoms with Crippen molar-refractivity contribution in [2.24, 2.45) is 0 Å². The minimum atomic E-state index is -0.513. The lowest BCUT2D eigenvalue weighted by atomic mass is 10.2. The molecule has 0 saturated carbocycles. The maximum atomic E-state index is 11.8. The zero-order valence-electron chi connectivity index (χ0n) is 11.4. The summed E-state index contributed by atoms with van der Waals surface area (Å²) >= 11 is 0. The Labute approximate surface area is 107 Å². The van der Waals surface area contributed by atoms with E-state index in [1.165, 1.54) is 6.92 Å². The van der Waals surface area contributed by atoms with Gasteiger partial charge in [-0.15, -0.1) is 0 Å². The Kier molecular flexibility index (Phi) is 4.95. The van der Waals surface area contributed by atoms with Gasteiger partial charge in [0.1, 0.15) is 18.3 Å². The number of hydrogen-bond acceptors (Lipinski definition) is 5. The van der Waals surface area contributed by atoms with Crippen molar-refractivity contribution < 1.29 is 23.8 Å². The predicted octanol–water partition coefficient (Wildman–Crippen LogP) is 1.19. The lowest BCUT2D eigenvalue weighted by molar-refractivity contribution is -0.147. The molecule has 1 saturated heterocycles. The second-order valence-electron chi connectivity index (χ2n) is 5.22. The number of morpholine rings is 1. The van der Waals surface area contributed by atoms with Crippen LogP contribution in [0, 0.1) is 0 Å². The van der Waals surface area contributed by atoms with Crippen LogP contribution in [0.25, 0.3) is 0 Å². The number of amides is 1. The first-order valence-electron chi connectivity index (χ1n) is 6.01. The molecular formula is C12H21NO5. The number of carbonyl (C=O) groups is 2. The molecule has 1 rings (SSSR count). The lowest BCUT2D eigenvalue weighted by Gasteiger charge is -2.33. The highest BCUT2D eigenvalue weighted by Crippen LogP contribution is 2.13. The molecule has 1 unspecified atom stereocenters. The van der Waals surface area contributed by atoms with E-state index in [2.05, 4.69) is 0 Å². The molecule has 1 atom stereocenters. The monoisotopic (exact) mass is 259 g/mol. The van der Waals surface area contributed by atoms with Crippen LogP contribution >= 0.6 is 0 Å². The van der Waals surface area contributed by atoms with E-state index in [1.807, 2.05) is 20.8 Å². The summed E-state index contributed by atoms with van der Waals surface area (Å²) in [4.78, 5) is 24.1. The summed E-state index contributed by atoms with van der Waals surface area (Å²) in [7, 11) is 0. The van der Waals surface area contributed by atoms with Crippen LogP contribution in [0.5, 0.6) is 0 Å². The Balaban J connectivity index is 2.43. The molecule has 1 aliphatic rings. The Bertz CT molecular complexity index is 310. The molecule has 6 heteroatoms. The fourth-order valence-electron chi connectivity index (χ4n) is 1.52. The lowest BCUT2D eigenvalue weighted by Crippen LogP contribution is -2.48. The van der Waals surface area contributed by atoms with Gasteiger partial charge in [0, 0.05) is 13.5 Å². The van der Waals surface area contributed by atoms with Gasteiger partial charge >= 0.3 is 12.1 Å². The standard InChI is InChI=1S/C12H21NO5/c1-9(14)17-8-10-7-13(5-6-16-10)11(15)18-12(2,3)4/h10H,5-8H2,1-4H3. The molecule has 18 heavy (non-hydrogen) atoms. The highest BCUT2D eigenvalue weighted by atomic mass is 16.6. The maximum Gasteiger partial charge on any atom is 0.410 e. The molecule has 0 spiro atoms. The second-order valence-corrected chi connectivity index (χ2v) is 5.22. The van der Waals surface area contributed by atoms with E-state index in [-0.39, 0.29) is 24.8 Å². The van der Waals surface area contributed by atoms with Gasteiger partial charge in [0.05, 0.1) is 13.2 Å². The molecule has 0 aromatic rings. The summed E-state index contributed by atoms with van der Waals surface area (Å²) < 4.78 is 15.6. The average molecular weight is 259 g/mol. The van der Waals surface area contributed by atoms with E-state index in [1.54, 1.807) is 4.90 Å². The van der Waals surface area contributed by atoms with Gasteiger partial charge in [0.15, 0.2) is 0 Å². The number of esters is 1. The van der Waals surface area contributed by atoms with Crippen molar-refractivity contribution in [3.8, 4) is 0 Å². The highest BCUT2D eigenvalue weighted by molar-refractivity contribution is 5.68. The van der Waals surface area contributed by atoms with Crippen molar-refractivity contribution in [2.45, 2.75) is 39.4 Å². The molecule has 104 valence electrons. The van der Waals surface area contributed by atoms with Crippen molar-refractivity contribution in [3.05, 3.63) is 0 Å². The van der Waals surface area contributed by atoms with Crippen LogP contribution in [0.2, 0.25) is 0 Å². The molecule has 0 aromatic carbocycles. The first kappa shape index (κ1) is 14.8.